The molecule has 0 radical (unpaired) electrons. The van der Waals surface area contributed by atoms with E-state index in [9.17, 15) is 13.2 Å². The Morgan fingerprint density at radius 1 is 1.06 bits per heavy atom. The van der Waals surface area contributed by atoms with Crippen LogP contribution in [0.15, 0.2) is 48.7 Å². The zero-order chi connectivity index (χ0) is 23.7. The van der Waals surface area contributed by atoms with Crippen molar-refractivity contribution in [2.45, 2.75) is 49.9 Å². The molecule has 192 valence electrons. The second-order valence-electron chi connectivity index (χ2n) is 9.92. The van der Waals surface area contributed by atoms with Gasteiger partial charge in [0, 0.05) is 30.2 Å². The van der Waals surface area contributed by atoms with Crippen LogP contribution in [0.5, 0.6) is 0 Å². The number of benzene rings is 1. The van der Waals surface area contributed by atoms with Gasteiger partial charge in [-0.2, -0.15) is 13.2 Å². The number of rotatable bonds is 4. The maximum absolute atomic E-state index is 14.2. The highest BCUT2D eigenvalue weighted by Crippen LogP contribution is 2.43. The summed E-state index contributed by atoms with van der Waals surface area (Å²) in [5, 5.41) is 9.51. The Balaban J connectivity index is 0.00000152. The maximum Gasteiger partial charge on any atom is 0.408 e. The van der Waals surface area contributed by atoms with Gasteiger partial charge in [0.15, 0.2) is 11.5 Å². The van der Waals surface area contributed by atoms with Gasteiger partial charge in [-0.25, -0.2) is 4.98 Å². The third kappa shape index (κ3) is 4.77. The number of fused-ring (bicyclic) bond motifs is 2. The minimum Gasteiger partial charge on any atom is -0.324 e. The van der Waals surface area contributed by atoms with E-state index in [0.29, 0.717) is 36.0 Å². The molecule has 6 nitrogen and oxygen atoms in total. The van der Waals surface area contributed by atoms with Crippen molar-refractivity contribution in [2.75, 3.05) is 13.1 Å². The Hall–Kier alpha value is -2.46. The number of hydrogen-bond acceptors (Lipinski definition) is 5. The van der Waals surface area contributed by atoms with Crippen LogP contribution in [0.3, 0.4) is 0 Å². The first-order valence-corrected chi connectivity index (χ1v) is 11.5. The molecule has 2 fully saturated rings. The van der Waals surface area contributed by atoms with Gasteiger partial charge < -0.3 is 5.73 Å². The lowest BCUT2D eigenvalue weighted by atomic mass is 10.0. The normalized spacial score (nSPS) is 21.4. The summed E-state index contributed by atoms with van der Waals surface area (Å²) in [5.74, 6) is 0.949. The Kier molecular flexibility index (Phi) is 6.98. The van der Waals surface area contributed by atoms with Crippen molar-refractivity contribution in [1.82, 2.24) is 24.5 Å². The van der Waals surface area contributed by atoms with Crippen LogP contribution >= 0.6 is 24.8 Å². The topological polar surface area (TPSA) is 72.3 Å². The summed E-state index contributed by atoms with van der Waals surface area (Å²) < 4.78 is 44.3. The highest BCUT2D eigenvalue weighted by Gasteiger charge is 2.48. The molecule has 36 heavy (non-hydrogen) atoms. The third-order valence-corrected chi connectivity index (χ3v) is 6.95. The Labute approximate surface area is 218 Å². The summed E-state index contributed by atoms with van der Waals surface area (Å²) in [7, 11) is 0. The molecule has 2 aliphatic rings. The predicted molar refractivity (Wildman–Crippen MR) is 138 cm³/mol. The van der Waals surface area contributed by atoms with Gasteiger partial charge in [0.25, 0.3) is 0 Å². The molecule has 2 atom stereocenters. The molecule has 1 saturated heterocycles. The van der Waals surface area contributed by atoms with E-state index >= 15 is 0 Å². The van der Waals surface area contributed by atoms with E-state index in [1.165, 1.54) is 22.7 Å². The highest BCUT2D eigenvalue weighted by molar-refractivity contribution is 5.86. The number of hydrogen-bond donors (Lipinski definition) is 1. The van der Waals surface area contributed by atoms with Crippen LogP contribution in [0.4, 0.5) is 13.2 Å². The van der Waals surface area contributed by atoms with E-state index in [4.69, 9.17) is 10.7 Å². The van der Waals surface area contributed by atoms with Gasteiger partial charge in [0.1, 0.15) is 11.7 Å². The third-order valence-electron chi connectivity index (χ3n) is 6.95. The second-order valence-corrected chi connectivity index (χ2v) is 9.92. The van der Waals surface area contributed by atoms with Crippen LogP contribution in [0.1, 0.15) is 49.3 Å². The number of nitrogens with two attached hydrogens (primary N) is 1. The number of aromatic nitrogens is 4. The van der Waals surface area contributed by atoms with Gasteiger partial charge >= 0.3 is 6.18 Å². The zero-order valence-corrected chi connectivity index (χ0v) is 21.2. The quantitative estimate of drug-likeness (QED) is 0.361. The van der Waals surface area contributed by atoms with Gasteiger partial charge in [-0.3, -0.25) is 9.30 Å². The Bertz CT molecular complexity index is 1400. The number of para-hydroxylation sites is 1. The zero-order valence-electron chi connectivity index (χ0n) is 19.6. The maximum atomic E-state index is 14.2. The van der Waals surface area contributed by atoms with Crippen molar-refractivity contribution in [3.8, 4) is 11.5 Å². The van der Waals surface area contributed by atoms with Crippen molar-refractivity contribution < 1.29 is 13.2 Å². The summed E-state index contributed by atoms with van der Waals surface area (Å²) in [5.41, 5.74) is 8.84. The van der Waals surface area contributed by atoms with Crippen molar-refractivity contribution in [1.29, 1.82) is 0 Å². The van der Waals surface area contributed by atoms with E-state index < -0.39 is 17.8 Å². The monoisotopic (exact) mass is 538 g/mol. The lowest BCUT2D eigenvalue weighted by molar-refractivity contribution is -0.184. The fourth-order valence-corrected chi connectivity index (χ4v) is 5.11. The smallest absolute Gasteiger partial charge is 0.324 e. The van der Waals surface area contributed by atoms with Gasteiger partial charge in [-0.05, 0) is 55.4 Å². The van der Waals surface area contributed by atoms with E-state index in [-0.39, 0.29) is 36.9 Å². The molecule has 2 N–H and O–H groups in total. The Morgan fingerprint density at radius 2 is 1.83 bits per heavy atom. The molecule has 1 aromatic carbocycles. The fourth-order valence-electron chi connectivity index (χ4n) is 5.11. The molecular weight excluding hydrogens is 512 g/mol. The molecule has 11 heteroatoms. The van der Waals surface area contributed by atoms with Gasteiger partial charge in [-0.1, -0.05) is 30.3 Å². The molecule has 4 heterocycles. The average molecular weight is 539 g/mol. The molecule has 4 aromatic rings. The predicted octanol–water partition coefficient (Wildman–Crippen LogP) is 5.69. The molecular formula is C25H27Cl2F3N6. The largest absolute Gasteiger partial charge is 0.408 e. The second kappa shape index (κ2) is 9.45. The Morgan fingerprint density at radius 3 is 2.50 bits per heavy atom. The lowest BCUT2D eigenvalue weighted by Gasteiger charge is -2.31. The molecule has 3 aromatic heterocycles. The first kappa shape index (κ1) is 26.6. The SMILES string of the molecule is CC1(N)CCN([C@@H](c2ccc3nnc(-c4ccc5cccc(C6CC6)c5n4)n3c2)C(F)(F)F)C1.Cl.Cl. The summed E-state index contributed by atoms with van der Waals surface area (Å²) in [6, 6.07) is 11.3. The van der Waals surface area contributed by atoms with Crippen LogP contribution in [0, 0.1) is 0 Å². The molecule has 6 rings (SSSR count). The van der Waals surface area contributed by atoms with Gasteiger partial charge in [0.2, 0.25) is 0 Å². The number of pyridine rings is 2. The minimum absolute atomic E-state index is 0. The van der Waals surface area contributed by atoms with Gasteiger partial charge in [0.05, 0.1) is 5.52 Å². The minimum atomic E-state index is -4.44. The van der Waals surface area contributed by atoms with E-state index in [0.717, 1.165) is 23.7 Å². The van der Waals surface area contributed by atoms with E-state index in [2.05, 4.69) is 16.3 Å². The first-order valence-electron chi connectivity index (χ1n) is 11.5. The van der Waals surface area contributed by atoms with Crippen molar-refractivity contribution in [2.24, 2.45) is 5.73 Å². The molecule has 1 aliphatic carbocycles. The van der Waals surface area contributed by atoms with Crippen LogP contribution < -0.4 is 5.73 Å². The summed E-state index contributed by atoms with van der Waals surface area (Å²) >= 11 is 0. The van der Waals surface area contributed by atoms with Crippen molar-refractivity contribution in [3.63, 3.8) is 0 Å². The molecule has 0 spiro atoms. The first-order chi connectivity index (χ1) is 16.2. The summed E-state index contributed by atoms with van der Waals surface area (Å²) in [6.45, 7) is 2.27. The number of alkyl halides is 3. The molecule has 0 amide bonds. The molecule has 0 bridgehead atoms. The van der Waals surface area contributed by atoms with Crippen LogP contribution in [-0.4, -0.2) is 49.3 Å². The van der Waals surface area contributed by atoms with Crippen molar-refractivity contribution in [3.05, 3.63) is 59.8 Å². The van der Waals surface area contributed by atoms with Gasteiger partial charge in [-0.15, -0.1) is 35.0 Å². The van der Waals surface area contributed by atoms with E-state index in [1.807, 2.05) is 24.3 Å². The lowest BCUT2D eigenvalue weighted by Crippen LogP contribution is -2.43. The van der Waals surface area contributed by atoms with Crippen LogP contribution in [0.2, 0.25) is 0 Å². The van der Waals surface area contributed by atoms with Crippen LogP contribution in [-0.2, 0) is 0 Å². The molecule has 1 aliphatic heterocycles. The average Bonchev–Trinajstić information content (AvgIpc) is 3.45. The fraction of sp³-hybridized carbons (Fsp3) is 0.400. The standard InChI is InChI=1S/C25H25F3N6.2ClH/c1-24(29)11-12-33(14-24)22(25(26,27)28)17-8-10-20-31-32-23(34(20)13-17)19-9-7-16-3-2-4-18(15-5-6-15)21(16)30-19;;/h2-4,7-10,13,15,22H,5-6,11-12,14,29H2,1H3;2*1H/t22-,24?;;/m0../s1. The number of nitrogens with zero attached hydrogens (tertiary/aromatic N) is 5. The van der Waals surface area contributed by atoms with Crippen molar-refractivity contribution >= 4 is 41.4 Å². The van der Waals surface area contributed by atoms with Crippen LogP contribution in [0.25, 0.3) is 28.1 Å². The highest BCUT2D eigenvalue weighted by atomic mass is 35.5. The summed E-state index contributed by atoms with van der Waals surface area (Å²) in [4.78, 5) is 6.29. The number of likely N-dealkylation sites (tertiary alicyclic amines) is 1. The molecule has 1 saturated carbocycles. The summed E-state index contributed by atoms with van der Waals surface area (Å²) in [6.07, 6.45) is -0.126. The number of halogens is 5. The van der Waals surface area contributed by atoms with E-state index in [1.54, 1.807) is 17.4 Å². The molecule has 1 unspecified atom stereocenters.